The number of rotatable bonds is 2. The largest absolute Gasteiger partial charge is 1.00 e. The molecule has 0 amide bonds. The van der Waals surface area contributed by atoms with Crippen LogP contribution in [0.15, 0.2) is 0 Å². The maximum atomic E-state index is 10.8. The Hall–Kier alpha value is -0.100. The third-order valence-electron chi connectivity index (χ3n) is 2.84. The van der Waals surface area contributed by atoms with Crippen LogP contribution in [0.2, 0.25) is 0 Å². The molecular formula is C8H11NaO5. The van der Waals surface area contributed by atoms with Crippen LogP contribution < -0.4 is 29.6 Å². The standard InChI is InChI=1S/C8H10O5.Na.H/c9-7(10)5-3-1-2-4(13-3)6(5)8(11)12;;/h3-6H,1-2H2,(H,9,10)(H,11,12);;/q;+1;-1. The number of ether oxygens (including phenoxy) is 1. The average molecular weight is 210 g/mol. The zero-order chi connectivity index (χ0) is 9.59. The molecule has 0 aromatic rings. The molecular weight excluding hydrogens is 199 g/mol. The molecule has 5 nitrogen and oxygen atoms in total. The molecule has 2 aliphatic rings. The first-order valence-electron chi connectivity index (χ1n) is 4.22. The van der Waals surface area contributed by atoms with Gasteiger partial charge in [-0.05, 0) is 12.8 Å². The average Bonchev–Trinajstić information content (AvgIpc) is 2.60. The van der Waals surface area contributed by atoms with E-state index in [1.165, 1.54) is 0 Å². The Balaban J connectivity index is 0.000000980. The molecule has 0 aromatic carbocycles. The molecule has 2 heterocycles. The van der Waals surface area contributed by atoms with Gasteiger partial charge in [-0.2, -0.15) is 0 Å². The Bertz CT molecular complexity index is 246. The molecule has 2 N–H and O–H groups in total. The molecule has 2 saturated heterocycles. The molecule has 4 atom stereocenters. The molecule has 0 aromatic heterocycles. The first kappa shape index (κ1) is 12.0. The van der Waals surface area contributed by atoms with Crippen LogP contribution in [0.4, 0.5) is 0 Å². The van der Waals surface area contributed by atoms with Crippen molar-refractivity contribution in [3.8, 4) is 0 Å². The van der Waals surface area contributed by atoms with E-state index in [0.717, 1.165) is 0 Å². The Kier molecular flexibility index (Phi) is 3.58. The summed E-state index contributed by atoms with van der Waals surface area (Å²) in [4.78, 5) is 21.5. The van der Waals surface area contributed by atoms with Crippen LogP contribution in [0.1, 0.15) is 14.3 Å². The third kappa shape index (κ3) is 1.69. The van der Waals surface area contributed by atoms with Crippen LogP contribution in [0.3, 0.4) is 0 Å². The minimum Gasteiger partial charge on any atom is -1.00 e. The summed E-state index contributed by atoms with van der Waals surface area (Å²) in [5.74, 6) is -3.81. The third-order valence-corrected chi connectivity index (χ3v) is 2.84. The maximum absolute atomic E-state index is 10.8. The van der Waals surface area contributed by atoms with Crippen molar-refractivity contribution in [2.24, 2.45) is 11.8 Å². The van der Waals surface area contributed by atoms with Crippen LogP contribution in [0.25, 0.3) is 0 Å². The zero-order valence-electron chi connectivity index (χ0n) is 8.84. The topological polar surface area (TPSA) is 83.8 Å². The number of fused-ring (bicyclic) bond motifs is 2. The van der Waals surface area contributed by atoms with E-state index in [2.05, 4.69) is 0 Å². The van der Waals surface area contributed by atoms with Gasteiger partial charge in [0.2, 0.25) is 0 Å². The fraction of sp³-hybridized carbons (Fsp3) is 0.750. The van der Waals surface area contributed by atoms with Crippen LogP contribution in [0.5, 0.6) is 0 Å². The van der Waals surface area contributed by atoms with Gasteiger partial charge in [0, 0.05) is 0 Å². The van der Waals surface area contributed by atoms with Crippen molar-refractivity contribution in [2.45, 2.75) is 25.0 Å². The molecule has 0 spiro atoms. The summed E-state index contributed by atoms with van der Waals surface area (Å²) in [5, 5.41) is 17.6. The van der Waals surface area contributed by atoms with E-state index in [1.807, 2.05) is 0 Å². The van der Waals surface area contributed by atoms with Crippen molar-refractivity contribution in [3.63, 3.8) is 0 Å². The summed E-state index contributed by atoms with van der Waals surface area (Å²) in [6.07, 6.45) is 0.573. The minimum atomic E-state index is -1.06. The second kappa shape index (κ2) is 4.18. The van der Waals surface area contributed by atoms with Crippen molar-refractivity contribution >= 4 is 11.9 Å². The number of carbonyl (C=O) groups is 2. The second-order valence-corrected chi connectivity index (χ2v) is 3.52. The van der Waals surface area contributed by atoms with Crippen molar-refractivity contribution in [1.82, 2.24) is 0 Å². The summed E-state index contributed by atoms with van der Waals surface area (Å²) < 4.78 is 5.26. The minimum absolute atomic E-state index is 0. The Labute approximate surface area is 104 Å². The fourth-order valence-electron chi connectivity index (χ4n) is 2.31. The number of hydrogen-bond acceptors (Lipinski definition) is 3. The van der Waals surface area contributed by atoms with Gasteiger partial charge in [-0.1, -0.05) is 0 Å². The van der Waals surface area contributed by atoms with Crippen LogP contribution in [0, 0.1) is 11.8 Å². The van der Waals surface area contributed by atoms with Gasteiger partial charge in [-0.15, -0.1) is 0 Å². The van der Waals surface area contributed by atoms with Gasteiger partial charge >= 0.3 is 41.5 Å². The van der Waals surface area contributed by atoms with Crippen molar-refractivity contribution in [3.05, 3.63) is 0 Å². The van der Waals surface area contributed by atoms with Gasteiger partial charge in [0.1, 0.15) is 0 Å². The number of carboxylic acid groups (broad SMARTS) is 2. The maximum Gasteiger partial charge on any atom is 1.00 e. The summed E-state index contributed by atoms with van der Waals surface area (Å²) in [7, 11) is 0. The number of carboxylic acids is 2. The van der Waals surface area contributed by atoms with Gasteiger partial charge in [-0.3, -0.25) is 9.59 Å². The Morgan fingerprint density at radius 2 is 1.43 bits per heavy atom. The molecule has 2 fully saturated rings. The molecule has 2 aliphatic heterocycles. The summed E-state index contributed by atoms with van der Waals surface area (Å²) in [5.41, 5.74) is 0. The molecule has 6 heteroatoms. The van der Waals surface area contributed by atoms with Gasteiger partial charge in [0.05, 0.1) is 24.0 Å². The van der Waals surface area contributed by atoms with E-state index in [1.54, 1.807) is 0 Å². The number of hydrogen-bond donors (Lipinski definition) is 2. The summed E-state index contributed by atoms with van der Waals surface area (Å²) >= 11 is 0. The first-order chi connectivity index (χ1) is 6.11. The van der Waals surface area contributed by atoms with Gasteiger partial charge in [0.25, 0.3) is 0 Å². The van der Waals surface area contributed by atoms with Gasteiger partial charge in [0.15, 0.2) is 0 Å². The Morgan fingerprint density at radius 1 is 1.07 bits per heavy atom. The molecule has 74 valence electrons. The predicted octanol–water partition coefficient (Wildman–Crippen LogP) is -2.93. The van der Waals surface area contributed by atoms with Gasteiger partial charge in [-0.25, -0.2) is 0 Å². The monoisotopic (exact) mass is 210 g/mol. The quantitative estimate of drug-likeness (QED) is 0.476. The van der Waals surface area contributed by atoms with Crippen molar-refractivity contribution in [2.75, 3.05) is 0 Å². The van der Waals surface area contributed by atoms with Crippen LogP contribution in [-0.4, -0.2) is 34.4 Å². The van der Waals surface area contributed by atoms with E-state index in [-0.39, 0.29) is 43.2 Å². The summed E-state index contributed by atoms with van der Waals surface area (Å²) in [6, 6.07) is 0. The Morgan fingerprint density at radius 3 is 1.71 bits per heavy atom. The molecule has 14 heavy (non-hydrogen) atoms. The molecule has 2 rings (SSSR count). The van der Waals surface area contributed by atoms with E-state index < -0.39 is 23.8 Å². The van der Waals surface area contributed by atoms with E-state index in [9.17, 15) is 9.59 Å². The second-order valence-electron chi connectivity index (χ2n) is 3.52. The fourth-order valence-corrected chi connectivity index (χ4v) is 2.31. The van der Waals surface area contributed by atoms with E-state index in [0.29, 0.717) is 12.8 Å². The zero-order valence-corrected chi connectivity index (χ0v) is 9.84. The molecule has 0 aliphatic carbocycles. The van der Waals surface area contributed by atoms with Gasteiger partial charge < -0.3 is 16.4 Å². The first-order valence-corrected chi connectivity index (χ1v) is 4.22. The SMILES string of the molecule is O=C(O)C1C2CCC(O2)C1C(=O)O.[H-].[Na+]. The number of aliphatic carboxylic acids is 2. The summed E-state index contributed by atoms with van der Waals surface area (Å²) in [6.45, 7) is 0. The van der Waals surface area contributed by atoms with Crippen molar-refractivity contribution < 1.29 is 55.5 Å². The van der Waals surface area contributed by atoms with Crippen LogP contribution in [-0.2, 0) is 14.3 Å². The molecule has 4 unspecified atom stereocenters. The molecule has 2 bridgehead atoms. The van der Waals surface area contributed by atoms with Crippen LogP contribution >= 0.6 is 0 Å². The van der Waals surface area contributed by atoms with Crippen molar-refractivity contribution in [1.29, 1.82) is 0 Å². The predicted molar refractivity (Wildman–Crippen MR) is 41.3 cm³/mol. The van der Waals surface area contributed by atoms with E-state index >= 15 is 0 Å². The smallest absolute Gasteiger partial charge is 1.00 e. The molecule has 0 radical (unpaired) electrons. The molecule has 0 saturated carbocycles. The van der Waals surface area contributed by atoms with E-state index in [4.69, 9.17) is 14.9 Å². The normalized spacial score (nSPS) is 39.1.